The summed E-state index contributed by atoms with van der Waals surface area (Å²) in [7, 11) is 0. The highest BCUT2D eigenvalue weighted by Gasteiger charge is 2.22. The molecule has 0 spiro atoms. The third-order valence-corrected chi connectivity index (χ3v) is 26.2. The van der Waals surface area contributed by atoms with Gasteiger partial charge in [0.15, 0.2) is 0 Å². The van der Waals surface area contributed by atoms with Crippen LogP contribution in [0.15, 0.2) is 473 Å². The Bertz CT molecular complexity index is 8760. The number of hydrogen-bond donors (Lipinski definition) is 0. The van der Waals surface area contributed by atoms with Gasteiger partial charge in [-0.25, -0.2) is 0 Å². The first kappa shape index (κ1) is 71.9. The van der Waals surface area contributed by atoms with Crippen LogP contribution in [0.2, 0.25) is 0 Å². The monoisotopic (exact) mass is 1570 g/mol. The maximum atomic E-state index is 2.44. The fourth-order valence-corrected chi connectivity index (χ4v) is 20.4. The summed E-state index contributed by atoms with van der Waals surface area (Å²) < 4.78 is 0. The minimum absolute atomic E-state index is 1.22. The Morgan fingerprint density at radius 3 is 0.702 bits per heavy atom. The number of fused-ring (bicyclic) bond motifs is 30. The van der Waals surface area contributed by atoms with Crippen LogP contribution in [0.4, 0.5) is 0 Å². The van der Waals surface area contributed by atoms with Crippen molar-refractivity contribution in [3.63, 3.8) is 0 Å². The van der Waals surface area contributed by atoms with E-state index in [4.69, 9.17) is 0 Å². The van der Waals surface area contributed by atoms with Gasteiger partial charge in [0.1, 0.15) is 0 Å². The van der Waals surface area contributed by atoms with Crippen LogP contribution in [-0.4, -0.2) is 0 Å². The van der Waals surface area contributed by atoms with Crippen LogP contribution in [-0.2, 0) is 0 Å². The maximum Gasteiger partial charge on any atom is -0.00137 e. The van der Waals surface area contributed by atoms with Gasteiger partial charge in [0.05, 0.1) is 0 Å². The van der Waals surface area contributed by atoms with Crippen LogP contribution < -0.4 is 0 Å². The molecule has 0 saturated heterocycles. The van der Waals surface area contributed by atoms with Crippen molar-refractivity contribution in [1.82, 2.24) is 0 Å². The molecule has 0 amide bonds. The Morgan fingerprint density at radius 2 is 0.306 bits per heavy atom. The van der Waals surface area contributed by atoms with E-state index in [2.05, 4.69) is 473 Å². The van der Waals surface area contributed by atoms with Gasteiger partial charge in [-0.15, -0.1) is 0 Å². The molecular weight excluding hydrogens is 1490 g/mol. The first-order valence-electron chi connectivity index (χ1n) is 43.1. The summed E-state index contributed by atoms with van der Waals surface area (Å²) in [6.07, 6.45) is 0. The predicted octanol–water partition coefficient (Wildman–Crippen LogP) is 35.2. The molecule has 0 fully saturated rings. The second kappa shape index (κ2) is 30.0. The van der Waals surface area contributed by atoms with Crippen molar-refractivity contribution in [2.24, 2.45) is 0 Å². The van der Waals surface area contributed by atoms with Gasteiger partial charge >= 0.3 is 0 Å². The van der Waals surface area contributed by atoms with Crippen molar-refractivity contribution >= 4 is 172 Å². The third kappa shape index (κ3) is 12.3. The lowest BCUT2D eigenvalue weighted by Gasteiger charge is -2.17. The van der Waals surface area contributed by atoms with E-state index in [1.165, 1.54) is 250 Å². The van der Waals surface area contributed by atoms with Crippen LogP contribution in [0.1, 0.15) is 0 Å². The molecule has 0 bridgehead atoms. The molecule has 26 rings (SSSR count). The van der Waals surface area contributed by atoms with E-state index in [1.807, 2.05) is 0 Å². The second-order valence-corrected chi connectivity index (χ2v) is 33.1. The molecule has 0 heterocycles. The quantitative estimate of drug-likeness (QED) is 0.110. The van der Waals surface area contributed by atoms with Crippen molar-refractivity contribution in [3.05, 3.63) is 473 Å². The van der Waals surface area contributed by atoms with Crippen LogP contribution >= 0.6 is 0 Å². The van der Waals surface area contributed by atoms with Gasteiger partial charge in [-0.1, -0.05) is 400 Å². The zero-order valence-electron chi connectivity index (χ0n) is 68.0. The van der Waals surface area contributed by atoms with Gasteiger partial charge in [0, 0.05) is 0 Å². The molecule has 0 aliphatic rings. The highest BCUT2D eigenvalue weighted by Crippen LogP contribution is 2.50. The van der Waals surface area contributed by atoms with E-state index < -0.39 is 0 Å². The Morgan fingerprint density at radius 1 is 0.0806 bits per heavy atom. The summed E-state index contributed by atoms with van der Waals surface area (Å²) in [6.45, 7) is 0. The van der Waals surface area contributed by atoms with Crippen molar-refractivity contribution < 1.29 is 0 Å². The van der Waals surface area contributed by atoms with E-state index in [-0.39, 0.29) is 0 Å². The van der Waals surface area contributed by atoms with Crippen LogP contribution in [0.25, 0.3) is 250 Å². The van der Waals surface area contributed by atoms with E-state index in [1.54, 1.807) is 0 Å². The predicted molar refractivity (Wildman–Crippen MR) is 537 cm³/mol. The number of rotatable bonds is 7. The molecular formula is C124H78. The molecule has 0 saturated carbocycles. The SMILES string of the molecule is c1ccc(-c2cc(-c3ccccc3)cc(-c3ccc4c5ccccc5c5c6ccccc6c6ccccc6c5c4c3)c2)cc1.c1ccc(-c2ccc3ccc(-c4cc5c6ccccc6c6cc7ccccc7cc6c5c5ccccc45)cc3c2)cc1.c1ccc(-c2ccc3ccc(-c4cc5c6ccccc6c6ccccc6c5c5ccccc45)cc3c2)cc1. The summed E-state index contributed by atoms with van der Waals surface area (Å²) in [4.78, 5) is 0. The molecule has 0 aliphatic carbocycles. The number of benzene rings is 26. The van der Waals surface area contributed by atoms with Crippen LogP contribution in [0.5, 0.6) is 0 Å². The molecule has 0 N–H and O–H groups in total. The molecule has 124 heavy (non-hydrogen) atoms. The van der Waals surface area contributed by atoms with Crippen LogP contribution in [0.3, 0.4) is 0 Å². The van der Waals surface area contributed by atoms with E-state index in [0.717, 1.165) is 0 Å². The summed E-state index contributed by atoms with van der Waals surface area (Å²) in [5, 5.41) is 41.6. The van der Waals surface area contributed by atoms with Gasteiger partial charge in [-0.2, -0.15) is 0 Å². The first-order valence-corrected chi connectivity index (χ1v) is 43.1. The van der Waals surface area contributed by atoms with E-state index >= 15 is 0 Å². The molecule has 574 valence electrons. The van der Waals surface area contributed by atoms with Gasteiger partial charge in [0.2, 0.25) is 0 Å². The largest absolute Gasteiger partial charge is 0.0622 e. The smallest absolute Gasteiger partial charge is 0.00137 e. The van der Waals surface area contributed by atoms with E-state index in [9.17, 15) is 0 Å². The normalized spacial score (nSPS) is 11.7. The summed E-state index contributed by atoms with van der Waals surface area (Å²) in [6, 6.07) is 174. The fourth-order valence-electron chi connectivity index (χ4n) is 20.4. The minimum atomic E-state index is 1.22. The van der Waals surface area contributed by atoms with Crippen molar-refractivity contribution in [3.8, 4) is 77.9 Å². The molecule has 0 nitrogen and oxygen atoms in total. The second-order valence-electron chi connectivity index (χ2n) is 33.1. The van der Waals surface area contributed by atoms with Gasteiger partial charge in [0.25, 0.3) is 0 Å². The highest BCUT2D eigenvalue weighted by atomic mass is 14.3. The average Bonchev–Trinajstić information content (AvgIpc) is 0.714. The Balaban J connectivity index is 0.000000105. The lowest BCUT2D eigenvalue weighted by molar-refractivity contribution is 1.57. The Hall–Kier alpha value is -16.1. The van der Waals surface area contributed by atoms with Gasteiger partial charge < -0.3 is 0 Å². The Kier molecular flexibility index (Phi) is 17.4. The molecule has 26 aromatic rings. The molecule has 0 aromatic heterocycles. The molecule has 0 atom stereocenters. The lowest BCUT2D eigenvalue weighted by atomic mass is 9.86. The van der Waals surface area contributed by atoms with E-state index in [0.29, 0.717) is 0 Å². The number of hydrogen-bond acceptors (Lipinski definition) is 0. The topological polar surface area (TPSA) is 0 Å². The van der Waals surface area contributed by atoms with Crippen molar-refractivity contribution in [1.29, 1.82) is 0 Å². The zero-order valence-corrected chi connectivity index (χ0v) is 68.0. The standard InChI is InChI=1S/C44H28.C42H26.C38H24/c1-3-13-29(14-4-1)32-25-33(30-15-5-2-6-16-30)27-34(26-32)31-23-24-38-37-19-9-11-21-40(37)43-39-20-10-7-17-35(39)36-18-8-12-22-41(36)44(43)42(38)28-31;1-2-10-27(11-3-1)31-20-18-28-19-21-32(23-33(28)22-31)38-26-41-35-15-7-6-14-34(35)39-24-29-12-4-5-13-30(29)25-40(39)42(41)37-17-9-8-16-36(37)38;1-2-10-25(11-3-1)27-20-18-26-19-21-28(23-29(26)22-27)36-24-37-32-14-5-4-12-30(32)31-13-6-8-16-34(31)38(37)35-17-9-7-15-33(35)36/h1-28H;1-26H;1-24H. The average molecular weight is 1570 g/mol. The fraction of sp³-hybridized carbons (Fsp3) is 0. The molecule has 0 aliphatic heterocycles. The molecule has 0 radical (unpaired) electrons. The lowest BCUT2D eigenvalue weighted by Crippen LogP contribution is -1.90. The van der Waals surface area contributed by atoms with Crippen LogP contribution in [0, 0.1) is 0 Å². The maximum absolute atomic E-state index is 2.44. The summed E-state index contributed by atoms with van der Waals surface area (Å²) >= 11 is 0. The highest BCUT2D eigenvalue weighted by molar-refractivity contribution is 6.40. The molecule has 26 aromatic carbocycles. The van der Waals surface area contributed by atoms with Gasteiger partial charge in [-0.3, -0.25) is 0 Å². The minimum Gasteiger partial charge on any atom is -0.0622 e. The third-order valence-electron chi connectivity index (χ3n) is 26.2. The first-order chi connectivity index (χ1) is 61.5. The molecule has 0 unspecified atom stereocenters. The van der Waals surface area contributed by atoms with Crippen molar-refractivity contribution in [2.75, 3.05) is 0 Å². The van der Waals surface area contributed by atoms with Crippen molar-refractivity contribution in [2.45, 2.75) is 0 Å². The summed E-state index contributed by atoms with van der Waals surface area (Å²) in [5.74, 6) is 0. The zero-order chi connectivity index (χ0) is 81.7. The van der Waals surface area contributed by atoms with Gasteiger partial charge in [-0.05, 0) is 323 Å². The molecule has 0 heteroatoms. The summed E-state index contributed by atoms with van der Waals surface area (Å²) in [5.41, 5.74) is 17.4. The Labute approximate surface area is 718 Å².